The Morgan fingerprint density at radius 2 is 1.69 bits per heavy atom. The summed E-state index contributed by atoms with van der Waals surface area (Å²) in [5.74, 6) is 1.50. The third-order valence-corrected chi connectivity index (χ3v) is 7.29. The maximum absolute atomic E-state index is 14.4. The molecule has 2 heterocycles. The van der Waals surface area contributed by atoms with Gasteiger partial charge in [-0.05, 0) is 49.2 Å². The third kappa shape index (κ3) is 5.25. The van der Waals surface area contributed by atoms with Gasteiger partial charge < -0.3 is 24.0 Å². The van der Waals surface area contributed by atoms with Crippen LogP contribution in [0.15, 0.2) is 36.4 Å². The summed E-state index contributed by atoms with van der Waals surface area (Å²) in [5.41, 5.74) is 3.58. The van der Waals surface area contributed by atoms with Gasteiger partial charge in [-0.3, -0.25) is 0 Å². The zero-order chi connectivity index (χ0) is 22.6. The number of piperidine rings is 1. The number of quaternary nitrogens is 2. The summed E-state index contributed by atoms with van der Waals surface area (Å²) in [6.07, 6.45) is 3.76. The van der Waals surface area contributed by atoms with Crippen LogP contribution in [0.3, 0.4) is 0 Å². The van der Waals surface area contributed by atoms with Gasteiger partial charge in [-0.25, -0.2) is 4.39 Å². The van der Waals surface area contributed by atoms with E-state index in [4.69, 9.17) is 14.2 Å². The number of likely N-dealkylation sites (tertiary alicyclic amines) is 2. The van der Waals surface area contributed by atoms with E-state index in [2.05, 4.69) is 18.2 Å². The molecule has 2 aromatic carbocycles. The smallest absolute Gasteiger partial charge is 0.132 e. The van der Waals surface area contributed by atoms with Gasteiger partial charge in [0.15, 0.2) is 0 Å². The zero-order valence-corrected chi connectivity index (χ0v) is 19.6. The number of methoxy groups -OCH3 is 3. The molecule has 5 nitrogen and oxygen atoms in total. The molecule has 6 heteroatoms. The minimum atomic E-state index is -0.122. The Morgan fingerprint density at radius 3 is 2.44 bits per heavy atom. The van der Waals surface area contributed by atoms with Crippen LogP contribution >= 0.6 is 0 Å². The Bertz CT molecular complexity index is 922. The van der Waals surface area contributed by atoms with Crippen LogP contribution in [0.4, 0.5) is 4.39 Å². The molecule has 0 amide bonds. The van der Waals surface area contributed by atoms with E-state index in [9.17, 15) is 4.39 Å². The minimum absolute atomic E-state index is 0.122. The van der Waals surface area contributed by atoms with Gasteiger partial charge in [-0.2, -0.15) is 0 Å². The largest absolute Gasteiger partial charge is 0.497 e. The van der Waals surface area contributed by atoms with Gasteiger partial charge >= 0.3 is 0 Å². The normalized spacial score (nSPS) is 25.2. The molecule has 174 valence electrons. The lowest BCUT2D eigenvalue weighted by molar-refractivity contribution is -0.937. The van der Waals surface area contributed by atoms with Crippen molar-refractivity contribution in [2.45, 2.75) is 39.0 Å². The number of rotatable bonds is 8. The summed E-state index contributed by atoms with van der Waals surface area (Å²) in [6, 6.07) is 11.5. The lowest BCUT2D eigenvalue weighted by Crippen LogP contribution is -3.14. The molecule has 2 aliphatic rings. The SMILES string of the molecule is COCc1cc(C[NH+]2CCC3(CCC[NH+](Cc4cc(OC)ccc4F)C3)C2)ccc1OC. The van der Waals surface area contributed by atoms with Gasteiger partial charge in [0, 0.05) is 30.2 Å². The molecule has 3 atom stereocenters. The highest BCUT2D eigenvalue weighted by molar-refractivity contribution is 5.36. The van der Waals surface area contributed by atoms with E-state index in [1.54, 1.807) is 32.3 Å². The first-order valence-corrected chi connectivity index (χ1v) is 11.7. The Labute approximate surface area is 191 Å². The zero-order valence-electron chi connectivity index (χ0n) is 19.6. The van der Waals surface area contributed by atoms with E-state index in [0.717, 1.165) is 48.8 Å². The van der Waals surface area contributed by atoms with Gasteiger partial charge in [-0.1, -0.05) is 0 Å². The predicted octanol–water partition coefficient (Wildman–Crippen LogP) is 1.64. The summed E-state index contributed by atoms with van der Waals surface area (Å²) in [6.45, 7) is 6.98. The molecular formula is C26H37FN2O3+2. The van der Waals surface area contributed by atoms with Gasteiger partial charge in [0.05, 0.1) is 52.4 Å². The summed E-state index contributed by atoms with van der Waals surface area (Å²) in [7, 11) is 5.06. The molecule has 2 aromatic rings. The highest BCUT2D eigenvalue weighted by atomic mass is 19.1. The number of ether oxygens (including phenoxy) is 3. The molecule has 0 aliphatic carbocycles. The standard InChI is InChI=1S/C26H35FN2O3/c1-30-17-22-13-20(5-8-25(22)32-3)15-29-12-10-26(19-29)9-4-11-28(18-26)16-21-14-23(31-2)6-7-24(21)27/h5-8,13-14H,4,9-12,15-19H2,1-3H3/p+2. The summed E-state index contributed by atoms with van der Waals surface area (Å²) < 4.78 is 30.5. The molecule has 2 saturated heterocycles. The molecule has 0 bridgehead atoms. The van der Waals surface area contributed by atoms with Crippen molar-refractivity contribution in [2.24, 2.45) is 5.41 Å². The van der Waals surface area contributed by atoms with Gasteiger partial charge in [0.1, 0.15) is 30.4 Å². The van der Waals surface area contributed by atoms with Crippen molar-refractivity contribution in [1.82, 2.24) is 0 Å². The topological polar surface area (TPSA) is 36.6 Å². The van der Waals surface area contributed by atoms with E-state index in [1.165, 1.54) is 48.9 Å². The van der Waals surface area contributed by atoms with Crippen molar-refractivity contribution < 1.29 is 28.4 Å². The second-order valence-electron chi connectivity index (χ2n) is 9.60. The van der Waals surface area contributed by atoms with Crippen LogP contribution < -0.4 is 19.3 Å². The highest BCUT2D eigenvalue weighted by Crippen LogP contribution is 2.30. The molecular weight excluding hydrogens is 407 g/mol. The monoisotopic (exact) mass is 444 g/mol. The van der Waals surface area contributed by atoms with E-state index in [0.29, 0.717) is 12.0 Å². The summed E-state index contributed by atoms with van der Waals surface area (Å²) >= 11 is 0. The number of benzene rings is 2. The first kappa shape index (κ1) is 23.0. The first-order chi connectivity index (χ1) is 15.5. The lowest BCUT2D eigenvalue weighted by Gasteiger charge is -2.36. The summed E-state index contributed by atoms with van der Waals surface area (Å²) in [4.78, 5) is 3.14. The van der Waals surface area contributed by atoms with Crippen LogP contribution in [0, 0.1) is 11.2 Å². The molecule has 1 spiro atoms. The van der Waals surface area contributed by atoms with Crippen molar-refractivity contribution >= 4 is 0 Å². The fraction of sp³-hybridized carbons (Fsp3) is 0.538. The van der Waals surface area contributed by atoms with Crippen molar-refractivity contribution in [3.8, 4) is 11.5 Å². The van der Waals surface area contributed by atoms with Gasteiger partial charge in [0.2, 0.25) is 0 Å². The van der Waals surface area contributed by atoms with Crippen LogP contribution in [0.1, 0.15) is 36.0 Å². The van der Waals surface area contributed by atoms with Crippen LogP contribution in [0.2, 0.25) is 0 Å². The maximum Gasteiger partial charge on any atom is 0.132 e. The fourth-order valence-electron chi connectivity index (χ4n) is 5.82. The van der Waals surface area contributed by atoms with Crippen LogP contribution in [0.5, 0.6) is 11.5 Å². The number of hydrogen-bond acceptors (Lipinski definition) is 3. The average Bonchev–Trinajstić information content (AvgIpc) is 3.17. The van der Waals surface area contributed by atoms with E-state index in [-0.39, 0.29) is 5.82 Å². The van der Waals surface area contributed by atoms with Crippen molar-refractivity contribution in [2.75, 3.05) is 47.5 Å². The molecule has 4 rings (SSSR count). The first-order valence-electron chi connectivity index (χ1n) is 11.7. The van der Waals surface area contributed by atoms with Gasteiger partial charge in [0.25, 0.3) is 0 Å². The van der Waals surface area contributed by atoms with E-state index in [1.807, 2.05) is 6.07 Å². The van der Waals surface area contributed by atoms with Crippen molar-refractivity contribution in [3.05, 3.63) is 58.9 Å². The second-order valence-corrected chi connectivity index (χ2v) is 9.60. The highest BCUT2D eigenvalue weighted by Gasteiger charge is 2.46. The quantitative estimate of drug-likeness (QED) is 0.650. The van der Waals surface area contributed by atoms with Crippen LogP contribution in [-0.4, -0.2) is 47.5 Å². The Hall–Kier alpha value is -2.15. The molecule has 0 radical (unpaired) electrons. The third-order valence-electron chi connectivity index (χ3n) is 7.29. The second kappa shape index (κ2) is 10.2. The number of halogens is 1. The molecule has 2 N–H and O–H groups in total. The Balaban J connectivity index is 1.39. The molecule has 2 aliphatic heterocycles. The Morgan fingerprint density at radius 1 is 0.875 bits per heavy atom. The summed E-state index contributed by atoms with van der Waals surface area (Å²) in [5, 5.41) is 0. The average molecular weight is 445 g/mol. The van der Waals surface area contributed by atoms with Crippen molar-refractivity contribution in [1.29, 1.82) is 0 Å². The molecule has 2 fully saturated rings. The molecule has 32 heavy (non-hydrogen) atoms. The predicted molar refractivity (Wildman–Crippen MR) is 122 cm³/mol. The van der Waals surface area contributed by atoms with E-state index < -0.39 is 0 Å². The van der Waals surface area contributed by atoms with Gasteiger partial charge in [-0.15, -0.1) is 0 Å². The van der Waals surface area contributed by atoms with Crippen LogP contribution in [-0.2, 0) is 24.4 Å². The molecule has 3 unspecified atom stereocenters. The fourth-order valence-corrected chi connectivity index (χ4v) is 5.82. The number of nitrogens with one attached hydrogen (secondary N) is 2. The number of hydrogen-bond donors (Lipinski definition) is 2. The maximum atomic E-state index is 14.4. The minimum Gasteiger partial charge on any atom is -0.497 e. The van der Waals surface area contributed by atoms with E-state index >= 15 is 0 Å². The Kier molecular flexibility index (Phi) is 7.33. The molecule has 0 saturated carbocycles. The van der Waals surface area contributed by atoms with Crippen molar-refractivity contribution in [3.63, 3.8) is 0 Å². The molecule has 0 aromatic heterocycles. The van der Waals surface area contributed by atoms with Crippen LogP contribution in [0.25, 0.3) is 0 Å². The lowest BCUT2D eigenvalue weighted by atomic mass is 9.79.